The highest BCUT2D eigenvalue weighted by atomic mass is 32.2. The normalized spacial score (nSPS) is 20.6. The highest BCUT2D eigenvalue weighted by Gasteiger charge is 2.28. The molecule has 0 bridgehead atoms. The van der Waals surface area contributed by atoms with Crippen LogP contribution in [-0.4, -0.2) is 67.4 Å². The van der Waals surface area contributed by atoms with Gasteiger partial charge in [0, 0.05) is 0 Å². The van der Waals surface area contributed by atoms with Crippen molar-refractivity contribution in [1.82, 2.24) is 0 Å². The fourth-order valence-corrected chi connectivity index (χ4v) is 8.66. The van der Waals surface area contributed by atoms with Crippen molar-refractivity contribution in [2.24, 2.45) is 19.3 Å². The van der Waals surface area contributed by atoms with Crippen LogP contribution in [0.1, 0.15) is 70.6 Å². The van der Waals surface area contributed by atoms with Gasteiger partial charge in [-0.1, -0.05) is 47.6 Å². The molecule has 0 N–H and O–H groups in total. The smallest absolute Gasteiger partial charge is 0.227 e. The summed E-state index contributed by atoms with van der Waals surface area (Å²) in [6.07, 6.45) is 6.66. The largest absolute Gasteiger partial charge is 0.273 e. The molecule has 2 fully saturated rings. The van der Waals surface area contributed by atoms with Gasteiger partial charge in [0.15, 0.2) is 31.4 Å². The number of rotatable bonds is 12. The van der Waals surface area contributed by atoms with Crippen LogP contribution in [0.25, 0.3) is 0 Å². The minimum absolute atomic E-state index is 0.263. The molecule has 2 aliphatic carbocycles. The van der Waals surface area contributed by atoms with Crippen molar-refractivity contribution >= 4 is 39.7 Å². The van der Waals surface area contributed by atoms with E-state index in [9.17, 15) is 33.7 Å². The second-order valence-electron chi connectivity index (χ2n) is 8.50. The minimum atomic E-state index is -3.85. The first kappa shape index (κ1) is 28.2. The maximum atomic E-state index is 12.1. The van der Waals surface area contributed by atoms with Gasteiger partial charge in [-0.2, -0.15) is 10.2 Å². The Morgan fingerprint density at radius 2 is 0.848 bits per heavy atom. The van der Waals surface area contributed by atoms with Crippen molar-refractivity contribution in [2.45, 2.75) is 81.1 Å². The molecule has 0 aliphatic heterocycles. The van der Waals surface area contributed by atoms with E-state index in [4.69, 9.17) is 0 Å². The first-order valence-electron chi connectivity index (χ1n) is 11.0. The van der Waals surface area contributed by atoms with Crippen molar-refractivity contribution in [1.29, 1.82) is 0 Å². The van der Waals surface area contributed by atoms with Gasteiger partial charge in [0.1, 0.15) is 0 Å². The molecule has 0 aromatic heterocycles. The number of hydrogen-bond acceptors (Lipinski definition) is 10. The Kier molecular flexibility index (Phi) is 10.4. The van der Waals surface area contributed by atoms with Crippen LogP contribution in [0.5, 0.6) is 0 Å². The average molecular weight is 549 g/mol. The van der Waals surface area contributed by atoms with Gasteiger partial charge in [0.25, 0.3) is 20.0 Å². The van der Waals surface area contributed by atoms with Gasteiger partial charge in [0.05, 0.1) is 22.0 Å². The van der Waals surface area contributed by atoms with Crippen molar-refractivity contribution in [2.75, 3.05) is 23.3 Å². The lowest BCUT2D eigenvalue weighted by atomic mass is 10.0. The minimum Gasteiger partial charge on any atom is -0.227 e. The standard InChI is InChI=1S/C17H32N4O8S4/c22-30(23,14-18-20-32(26,27)16-8-3-1-4-9-16)12-7-13-31(24,25)15-19-21-33(28,29)17-10-5-2-6-11-17/h16-17H,1-15H2/b20-18+,21-19+. The van der Waals surface area contributed by atoms with E-state index in [0.717, 1.165) is 38.5 Å². The molecule has 0 amide bonds. The Balaban J connectivity index is 1.78. The fraction of sp³-hybridized carbons (Fsp3) is 1.00. The Labute approximate surface area is 196 Å². The van der Waals surface area contributed by atoms with Crippen LogP contribution in [0.2, 0.25) is 0 Å². The zero-order valence-corrected chi connectivity index (χ0v) is 21.7. The lowest BCUT2D eigenvalue weighted by Gasteiger charge is -2.18. The third-order valence-corrected chi connectivity index (χ3v) is 11.9. The predicted molar refractivity (Wildman–Crippen MR) is 123 cm³/mol. The summed E-state index contributed by atoms with van der Waals surface area (Å²) < 4.78 is 103. The molecule has 0 heterocycles. The second kappa shape index (κ2) is 12.1. The maximum Gasteiger partial charge on any atom is 0.273 e. The maximum absolute atomic E-state index is 12.1. The summed E-state index contributed by atoms with van der Waals surface area (Å²) in [6, 6.07) is 0. The summed E-state index contributed by atoms with van der Waals surface area (Å²) in [5, 5.41) is 5.37. The zero-order valence-electron chi connectivity index (χ0n) is 18.4. The number of hydrogen-bond donors (Lipinski definition) is 0. The van der Waals surface area contributed by atoms with Crippen molar-refractivity contribution < 1.29 is 33.7 Å². The van der Waals surface area contributed by atoms with Crippen LogP contribution in [0, 0.1) is 0 Å². The summed E-state index contributed by atoms with van der Waals surface area (Å²) in [4.78, 5) is 0. The number of sulfone groups is 2. The summed E-state index contributed by atoms with van der Waals surface area (Å²) in [5.74, 6) is -2.77. The molecule has 2 rings (SSSR count). The number of nitrogens with zero attached hydrogens (tertiary/aromatic N) is 4. The van der Waals surface area contributed by atoms with Gasteiger partial charge >= 0.3 is 0 Å². The third-order valence-electron chi connectivity index (χ3n) is 5.71. The summed E-state index contributed by atoms with van der Waals surface area (Å²) in [6.45, 7) is 0. The van der Waals surface area contributed by atoms with Crippen molar-refractivity contribution in [3.05, 3.63) is 0 Å². The van der Waals surface area contributed by atoms with Gasteiger partial charge in [-0.25, -0.2) is 33.7 Å². The monoisotopic (exact) mass is 548 g/mol. The molecule has 0 aromatic carbocycles. The van der Waals surface area contributed by atoms with Gasteiger partial charge in [-0.15, -0.1) is 0 Å². The molecule has 33 heavy (non-hydrogen) atoms. The first-order valence-corrected chi connectivity index (χ1v) is 17.6. The molecule has 192 valence electrons. The Bertz CT molecular complexity index is 1030. The van der Waals surface area contributed by atoms with Crippen LogP contribution >= 0.6 is 0 Å². The summed E-state index contributed by atoms with van der Waals surface area (Å²) in [5.41, 5.74) is 0. The molecule has 0 atom stereocenters. The molecule has 0 saturated heterocycles. The highest BCUT2D eigenvalue weighted by Crippen LogP contribution is 2.25. The van der Waals surface area contributed by atoms with E-state index >= 15 is 0 Å². The molecule has 2 saturated carbocycles. The predicted octanol–water partition coefficient (Wildman–Crippen LogP) is 2.35. The summed E-state index contributed by atoms with van der Waals surface area (Å²) >= 11 is 0. The van der Waals surface area contributed by atoms with E-state index in [1.54, 1.807) is 0 Å². The van der Waals surface area contributed by atoms with Crippen LogP contribution in [0.15, 0.2) is 19.3 Å². The van der Waals surface area contributed by atoms with Gasteiger partial charge in [-0.3, -0.25) is 0 Å². The third kappa shape index (κ3) is 10.0. The van der Waals surface area contributed by atoms with Crippen LogP contribution < -0.4 is 0 Å². The van der Waals surface area contributed by atoms with Gasteiger partial charge < -0.3 is 0 Å². The fourth-order valence-electron chi connectivity index (χ4n) is 3.87. The van der Waals surface area contributed by atoms with Crippen LogP contribution in [0.4, 0.5) is 0 Å². The van der Waals surface area contributed by atoms with E-state index in [1.807, 2.05) is 0 Å². The second-order valence-corrected chi connectivity index (χ2v) is 16.5. The van der Waals surface area contributed by atoms with Crippen molar-refractivity contribution in [3.8, 4) is 0 Å². The quantitative estimate of drug-likeness (QED) is 0.332. The van der Waals surface area contributed by atoms with E-state index < -0.39 is 73.5 Å². The average Bonchev–Trinajstić information content (AvgIpc) is 2.74. The lowest BCUT2D eigenvalue weighted by molar-refractivity contribution is 0.483. The van der Waals surface area contributed by atoms with Crippen LogP contribution in [-0.2, 0) is 39.7 Å². The van der Waals surface area contributed by atoms with Gasteiger partial charge in [-0.05, 0) is 32.1 Å². The number of sulfonamides is 2. The van der Waals surface area contributed by atoms with E-state index in [1.165, 1.54) is 0 Å². The lowest BCUT2D eigenvalue weighted by Crippen LogP contribution is -2.22. The first-order chi connectivity index (χ1) is 15.3. The summed E-state index contributed by atoms with van der Waals surface area (Å²) in [7, 11) is -15.4. The van der Waals surface area contributed by atoms with E-state index in [0.29, 0.717) is 25.7 Å². The molecular formula is C17H32N4O8S4. The Hall–Kier alpha value is -1.00. The molecule has 2 aliphatic rings. The van der Waals surface area contributed by atoms with Crippen LogP contribution in [0.3, 0.4) is 0 Å². The Morgan fingerprint density at radius 3 is 1.18 bits per heavy atom. The molecule has 0 unspecified atom stereocenters. The SMILES string of the molecule is O=S(=O)(CCCS(=O)(=O)C/N=N/S(=O)(=O)C1CCCCC1)C/N=N/S(=O)(=O)C1CCCCC1. The van der Waals surface area contributed by atoms with Crippen molar-refractivity contribution in [3.63, 3.8) is 0 Å². The molecule has 0 aromatic rings. The van der Waals surface area contributed by atoms with Gasteiger partial charge in [0.2, 0.25) is 0 Å². The molecule has 0 radical (unpaired) electrons. The zero-order chi connectivity index (χ0) is 24.6. The Morgan fingerprint density at radius 1 is 0.515 bits per heavy atom. The van der Waals surface area contributed by atoms with E-state index in [2.05, 4.69) is 19.3 Å². The molecule has 16 heteroatoms. The van der Waals surface area contributed by atoms with E-state index in [-0.39, 0.29) is 6.42 Å². The topological polar surface area (TPSA) is 186 Å². The molecular weight excluding hydrogens is 516 g/mol. The molecule has 12 nitrogen and oxygen atoms in total. The molecule has 0 spiro atoms. The highest BCUT2D eigenvalue weighted by molar-refractivity contribution is 7.92.